The predicted octanol–water partition coefficient (Wildman–Crippen LogP) is 3.84. The van der Waals surface area contributed by atoms with Gasteiger partial charge in [-0.3, -0.25) is 4.79 Å². The van der Waals surface area contributed by atoms with Gasteiger partial charge >= 0.3 is 0 Å². The van der Waals surface area contributed by atoms with Crippen LogP contribution in [0.4, 0.5) is 10.1 Å². The van der Waals surface area contributed by atoms with Gasteiger partial charge < -0.3 is 5.32 Å². The molecule has 0 spiro atoms. The van der Waals surface area contributed by atoms with Crippen molar-refractivity contribution >= 4 is 63.0 Å². The fourth-order valence-corrected chi connectivity index (χ4v) is 4.09. The maximum absolute atomic E-state index is 12.8. The molecule has 114 valence electrons. The van der Waals surface area contributed by atoms with Gasteiger partial charge in [-0.2, -0.15) is 5.10 Å². The molecule has 22 heavy (non-hydrogen) atoms. The van der Waals surface area contributed by atoms with Gasteiger partial charge in [-0.1, -0.05) is 0 Å². The molecule has 0 aromatic heterocycles. The molecule has 0 fully saturated rings. The molecule has 0 saturated carbocycles. The molecule has 2 N–H and O–H groups in total. The zero-order chi connectivity index (χ0) is 16.1. The van der Waals surface area contributed by atoms with E-state index < -0.39 is 0 Å². The van der Waals surface area contributed by atoms with Crippen LogP contribution in [0.15, 0.2) is 41.5 Å². The van der Waals surface area contributed by atoms with Gasteiger partial charge in [0.15, 0.2) is 0 Å². The summed E-state index contributed by atoms with van der Waals surface area (Å²) < 4.78 is 14.9. The number of hydrazone groups is 1. The van der Waals surface area contributed by atoms with Gasteiger partial charge in [0.25, 0.3) is 5.91 Å². The first-order valence-electron chi connectivity index (χ1n) is 6.27. The van der Waals surface area contributed by atoms with Gasteiger partial charge in [0.2, 0.25) is 0 Å². The molecule has 0 atom stereocenters. The van der Waals surface area contributed by atoms with Crippen molar-refractivity contribution in [3.05, 3.63) is 60.5 Å². The van der Waals surface area contributed by atoms with Crippen molar-refractivity contribution in [2.24, 2.45) is 5.10 Å². The van der Waals surface area contributed by atoms with Crippen molar-refractivity contribution in [2.45, 2.75) is 0 Å². The third-order valence-corrected chi connectivity index (χ3v) is 4.50. The lowest BCUT2D eigenvalue weighted by molar-refractivity contribution is 0.0955. The first kappa shape index (κ1) is 17.1. The van der Waals surface area contributed by atoms with Crippen LogP contribution in [0.3, 0.4) is 0 Å². The summed E-state index contributed by atoms with van der Waals surface area (Å²) in [5, 5.41) is 7.06. The van der Waals surface area contributed by atoms with Crippen LogP contribution in [0.1, 0.15) is 15.9 Å². The lowest BCUT2D eigenvalue weighted by Gasteiger charge is -2.07. The molecule has 2 aromatic rings. The van der Waals surface area contributed by atoms with Gasteiger partial charge in [0.05, 0.1) is 11.9 Å². The number of halogens is 3. The Bertz CT molecular complexity index is 694. The fraction of sp³-hybridized carbons (Fsp3) is 0.0667. The second kappa shape index (κ2) is 7.86. The quantitative estimate of drug-likeness (QED) is 0.364. The van der Waals surface area contributed by atoms with Gasteiger partial charge in [-0.15, -0.1) is 0 Å². The highest BCUT2D eigenvalue weighted by molar-refractivity contribution is 14.1. The molecule has 0 heterocycles. The Kier molecular flexibility index (Phi) is 6.12. The summed E-state index contributed by atoms with van der Waals surface area (Å²) in [7, 11) is 1.87. The van der Waals surface area contributed by atoms with E-state index in [1.165, 1.54) is 24.3 Å². The Morgan fingerprint density at radius 1 is 1.18 bits per heavy atom. The van der Waals surface area contributed by atoms with E-state index in [9.17, 15) is 9.18 Å². The Labute approximate surface area is 154 Å². The summed E-state index contributed by atoms with van der Waals surface area (Å²) >= 11 is 4.47. The zero-order valence-corrected chi connectivity index (χ0v) is 15.8. The largest absolute Gasteiger partial charge is 0.386 e. The summed E-state index contributed by atoms with van der Waals surface area (Å²) in [6.45, 7) is 0. The number of carbonyl (C=O) groups excluding carboxylic acids is 1. The molecule has 0 bridgehead atoms. The number of benzene rings is 2. The Balaban J connectivity index is 2.06. The molecule has 0 unspecified atom stereocenters. The molecule has 0 saturated heterocycles. The SMILES string of the molecule is CNc1c(I)cc(/C=N\NC(=O)c2ccc(F)cc2)cc1I. The number of rotatable bonds is 4. The maximum atomic E-state index is 12.8. The van der Waals surface area contributed by atoms with E-state index >= 15 is 0 Å². The van der Waals surface area contributed by atoms with Crippen LogP contribution >= 0.6 is 45.2 Å². The van der Waals surface area contributed by atoms with Crippen molar-refractivity contribution in [1.82, 2.24) is 5.43 Å². The lowest BCUT2D eigenvalue weighted by Crippen LogP contribution is -2.17. The van der Waals surface area contributed by atoms with E-state index in [0.29, 0.717) is 5.56 Å². The second-order valence-corrected chi connectivity index (χ2v) is 6.64. The number of nitrogens with one attached hydrogen (secondary N) is 2. The van der Waals surface area contributed by atoms with Crippen LogP contribution in [0.2, 0.25) is 0 Å². The molecule has 2 rings (SSSR count). The molecule has 0 aliphatic rings. The number of amides is 1. The average molecular weight is 523 g/mol. The number of hydrogen-bond acceptors (Lipinski definition) is 3. The second-order valence-electron chi connectivity index (χ2n) is 4.32. The molecule has 4 nitrogen and oxygen atoms in total. The lowest BCUT2D eigenvalue weighted by atomic mass is 10.2. The standard InChI is InChI=1S/C15H12FI2N3O/c1-19-14-12(17)6-9(7-13(14)18)8-20-21-15(22)10-2-4-11(16)5-3-10/h2-8,19H,1H3,(H,21,22)/b20-8-. The summed E-state index contributed by atoms with van der Waals surface area (Å²) in [6.07, 6.45) is 1.57. The highest BCUT2D eigenvalue weighted by atomic mass is 127. The van der Waals surface area contributed by atoms with Crippen molar-refractivity contribution in [2.75, 3.05) is 12.4 Å². The number of anilines is 1. The van der Waals surface area contributed by atoms with Crippen molar-refractivity contribution in [3.8, 4) is 0 Å². The van der Waals surface area contributed by atoms with Crippen LogP contribution in [-0.2, 0) is 0 Å². The van der Waals surface area contributed by atoms with E-state index in [4.69, 9.17) is 0 Å². The summed E-state index contributed by atoms with van der Waals surface area (Å²) in [5.41, 5.74) is 4.72. The molecule has 0 radical (unpaired) electrons. The molecule has 0 aliphatic carbocycles. The minimum absolute atomic E-state index is 0.355. The Morgan fingerprint density at radius 2 is 1.77 bits per heavy atom. The normalized spacial score (nSPS) is 10.7. The van der Waals surface area contributed by atoms with Gasteiger partial charge in [0.1, 0.15) is 5.82 Å². The van der Waals surface area contributed by atoms with Crippen LogP contribution in [-0.4, -0.2) is 19.2 Å². The third-order valence-electron chi connectivity index (χ3n) is 2.80. The molecule has 7 heteroatoms. The third kappa shape index (κ3) is 4.38. The van der Waals surface area contributed by atoms with Crippen molar-refractivity contribution < 1.29 is 9.18 Å². The number of hydrogen-bond donors (Lipinski definition) is 2. The summed E-state index contributed by atoms with van der Waals surface area (Å²) in [4.78, 5) is 11.8. The van der Waals surface area contributed by atoms with E-state index in [1.807, 2.05) is 19.2 Å². The minimum Gasteiger partial charge on any atom is -0.386 e. The van der Waals surface area contributed by atoms with Gasteiger partial charge in [-0.05, 0) is 87.1 Å². The molecule has 2 aromatic carbocycles. The molecule has 1 amide bonds. The average Bonchev–Trinajstić information content (AvgIpc) is 2.47. The smallest absolute Gasteiger partial charge is 0.271 e. The van der Waals surface area contributed by atoms with Crippen LogP contribution < -0.4 is 10.7 Å². The fourth-order valence-electron chi connectivity index (χ4n) is 1.74. The van der Waals surface area contributed by atoms with Crippen LogP contribution in [0.25, 0.3) is 0 Å². The van der Waals surface area contributed by atoms with E-state index in [2.05, 4.69) is 61.0 Å². The molecular weight excluding hydrogens is 511 g/mol. The first-order valence-corrected chi connectivity index (χ1v) is 8.43. The van der Waals surface area contributed by atoms with Gasteiger partial charge in [0, 0.05) is 19.8 Å². The molecule has 0 aliphatic heterocycles. The van der Waals surface area contributed by atoms with Crippen molar-refractivity contribution in [3.63, 3.8) is 0 Å². The Hall–Kier alpha value is -1.23. The summed E-state index contributed by atoms with van der Waals surface area (Å²) in [6, 6.07) is 9.21. The first-order chi connectivity index (χ1) is 10.5. The minimum atomic E-state index is -0.382. The highest BCUT2D eigenvalue weighted by Gasteiger charge is 2.06. The predicted molar refractivity (Wildman–Crippen MR) is 103 cm³/mol. The van der Waals surface area contributed by atoms with E-state index in [0.717, 1.165) is 18.4 Å². The topological polar surface area (TPSA) is 53.5 Å². The van der Waals surface area contributed by atoms with Crippen molar-refractivity contribution in [1.29, 1.82) is 0 Å². The number of carbonyl (C=O) groups is 1. The Morgan fingerprint density at radius 3 is 2.32 bits per heavy atom. The van der Waals surface area contributed by atoms with E-state index in [-0.39, 0.29) is 11.7 Å². The van der Waals surface area contributed by atoms with Crippen LogP contribution in [0, 0.1) is 13.0 Å². The van der Waals surface area contributed by atoms with Gasteiger partial charge in [-0.25, -0.2) is 9.82 Å². The van der Waals surface area contributed by atoms with Crippen LogP contribution in [0.5, 0.6) is 0 Å². The monoisotopic (exact) mass is 523 g/mol. The highest BCUT2D eigenvalue weighted by Crippen LogP contribution is 2.25. The summed E-state index contributed by atoms with van der Waals surface area (Å²) in [5.74, 6) is -0.763. The van der Waals surface area contributed by atoms with E-state index in [1.54, 1.807) is 6.21 Å². The maximum Gasteiger partial charge on any atom is 0.271 e. The molecular formula is C15H12FI2N3O. The zero-order valence-electron chi connectivity index (χ0n) is 11.5. The number of nitrogens with zero attached hydrogens (tertiary/aromatic N) is 1.